The third-order valence-corrected chi connectivity index (χ3v) is 13.1. The second kappa shape index (κ2) is 15.4. The highest BCUT2D eigenvalue weighted by atomic mass is 79.9. The van der Waals surface area contributed by atoms with Gasteiger partial charge in [-0.15, -0.1) is 0 Å². The summed E-state index contributed by atoms with van der Waals surface area (Å²) >= 11 is 3.35. The van der Waals surface area contributed by atoms with Crippen LogP contribution in [-0.4, -0.2) is 97.2 Å². The minimum atomic E-state index is -0.630. The molecule has 318 valence electrons. The van der Waals surface area contributed by atoms with E-state index in [1.165, 1.54) is 41.4 Å². The number of esters is 1. The van der Waals surface area contributed by atoms with Crippen LogP contribution in [0.25, 0.3) is 17.0 Å². The van der Waals surface area contributed by atoms with Gasteiger partial charge in [-0.1, -0.05) is 12.1 Å². The van der Waals surface area contributed by atoms with Gasteiger partial charge in [-0.05, 0) is 91.1 Å². The van der Waals surface area contributed by atoms with Crippen LogP contribution < -0.4 is 23.7 Å². The molecule has 5 unspecified atom stereocenters. The minimum absolute atomic E-state index is 0.158. The maximum absolute atomic E-state index is 13.6. The number of phenols is 1. The molecule has 0 radical (unpaired) electrons. The highest BCUT2D eigenvalue weighted by Crippen LogP contribution is 2.53. The molecule has 14 heteroatoms. The van der Waals surface area contributed by atoms with Crippen LogP contribution in [0.1, 0.15) is 69.2 Å². The van der Waals surface area contributed by atoms with Crippen LogP contribution >= 0.6 is 15.9 Å². The number of carbonyl (C=O) groups excluding carboxylic acids is 2. The number of benzene rings is 3. The van der Waals surface area contributed by atoms with Crippen molar-refractivity contribution in [1.82, 2.24) is 14.5 Å². The zero-order chi connectivity index (χ0) is 43.0. The zero-order valence-corrected chi connectivity index (χ0v) is 36.7. The highest BCUT2D eigenvalue weighted by Gasteiger charge is 2.52. The van der Waals surface area contributed by atoms with Gasteiger partial charge < -0.3 is 42.8 Å². The standard InChI is InChI=1S/C24H26BrN3O3.C23H22O7/c1-27-13-17-8-21-24(30-3,19-5-4-6-20(27)22(17)19)9-15(12-28(21)2)14-31-23(29)16-7-18(25)11-26-10-16;1-23(2)6-5-11-15(30-23)8-13(24)20-21(25)19-12-7-16(26-3)17(27-4)9-14(12)28-10-18(19)29-22(11)20/h4-7,10-11,13,15,21H,8-9,12,14H2,1-3H3;5-9,18-19,24H,10H2,1-4H3. The molecule has 0 bridgehead atoms. The summed E-state index contributed by atoms with van der Waals surface area (Å²) in [4.78, 5) is 32.5. The molecule has 0 saturated carbocycles. The molecule has 1 fully saturated rings. The highest BCUT2D eigenvalue weighted by molar-refractivity contribution is 9.10. The number of aromatic hydroxyl groups is 1. The third-order valence-electron chi connectivity index (χ3n) is 12.6. The van der Waals surface area contributed by atoms with Crippen molar-refractivity contribution in [3.05, 3.63) is 105 Å². The lowest BCUT2D eigenvalue weighted by atomic mass is 9.69. The van der Waals surface area contributed by atoms with Gasteiger partial charge in [-0.2, -0.15) is 0 Å². The number of aromatic nitrogens is 2. The smallest absolute Gasteiger partial charge is 0.339 e. The number of fused-ring (bicyclic) bond motifs is 8. The first kappa shape index (κ1) is 40.8. The summed E-state index contributed by atoms with van der Waals surface area (Å²) in [6.45, 7) is 5.24. The molecule has 2 aromatic heterocycles. The predicted octanol–water partition coefficient (Wildman–Crippen LogP) is 7.62. The number of Topliss-reactive ketones (excluding diaryl/α,β-unsaturated/α-hetero) is 1. The zero-order valence-electron chi connectivity index (χ0n) is 35.1. The summed E-state index contributed by atoms with van der Waals surface area (Å²) in [5.74, 6) is 1.17. The molecule has 4 aliphatic heterocycles. The number of hydrogen-bond donors (Lipinski definition) is 1. The van der Waals surface area contributed by atoms with Gasteiger partial charge in [0.05, 0.1) is 37.9 Å². The average molecular weight is 895 g/mol. The number of rotatable bonds is 6. The first-order valence-electron chi connectivity index (χ1n) is 20.2. The first-order chi connectivity index (χ1) is 29.2. The average Bonchev–Trinajstić information content (AvgIpc) is 3.57. The minimum Gasteiger partial charge on any atom is -0.507 e. The summed E-state index contributed by atoms with van der Waals surface area (Å²) in [7, 11) is 9.14. The lowest BCUT2D eigenvalue weighted by Crippen LogP contribution is -2.59. The monoisotopic (exact) mass is 893 g/mol. The van der Waals surface area contributed by atoms with Crippen molar-refractivity contribution in [3.63, 3.8) is 0 Å². The molecule has 1 aliphatic carbocycles. The number of likely N-dealkylation sites (N-methyl/N-ethyl adjacent to an activating group) is 1. The van der Waals surface area contributed by atoms with Crippen molar-refractivity contribution in [2.75, 3.05) is 48.1 Å². The molecule has 6 heterocycles. The molecule has 10 rings (SSSR count). The number of piperidine rings is 1. The molecule has 5 atom stereocenters. The summed E-state index contributed by atoms with van der Waals surface area (Å²) < 4.78 is 43.8. The molecule has 13 nitrogen and oxygen atoms in total. The van der Waals surface area contributed by atoms with Gasteiger partial charge in [-0.3, -0.25) is 14.7 Å². The van der Waals surface area contributed by atoms with Crippen molar-refractivity contribution < 1.29 is 47.9 Å². The van der Waals surface area contributed by atoms with E-state index >= 15 is 0 Å². The molecule has 0 spiro atoms. The van der Waals surface area contributed by atoms with E-state index in [1.807, 2.05) is 33.1 Å². The SMILES string of the molecule is COC12CC(COC(=O)c3cncc(Br)c3)CN(C)C1Cc1cn(C)c3cccc2c13.COc1cc2c(cc1OC)C1C(=O)c3c(O)cc4c(c3OC1CO2)C=CC(C)(C)O4. The molecular formula is C47H48BrN3O10. The van der Waals surface area contributed by atoms with Gasteiger partial charge >= 0.3 is 5.97 Å². The Kier molecular flexibility index (Phi) is 10.3. The van der Waals surface area contributed by atoms with Crippen LogP contribution in [0.5, 0.6) is 34.5 Å². The number of pyridine rings is 1. The molecule has 61 heavy (non-hydrogen) atoms. The largest absolute Gasteiger partial charge is 0.507 e. The van der Waals surface area contributed by atoms with E-state index < -0.39 is 23.2 Å². The van der Waals surface area contributed by atoms with Crippen LogP contribution in [0.4, 0.5) is 0 Å². The van der Waals surface area contributed by atoms with Crippen LogP contribution in [0.15, 0.2) is 71.6 Å². The number of likely N-dealkylation sites (tertiary alicyclic amines) is 1. The quantitative estimate of drug-likeness (QED) is 0.168. The molecular weight excluding hydrogens is 846 g/mol. The predicted molar refractivity (Wildman–Crippen MR) is 230 cm³/mol. The normalized spacial score (nSPS) is 23.9. The van der Waals surface area contributed by atoms with E-state index in [1.54, 1.807) is 31.5 Å². The van der Waals surface area contributed by atoms with Crippen LogP contribution in [0.2, 0.25) is 0 Å². The summed E-state index contributed by atoms with van der Waals surface area (Å²) in [6, 6.07) is 13.4. The van der Waals surface area contributed by atoms with E-state index in [0.717, 1.165) is 23.9 Å². The fraction of sp³-hybridized carbons (Fsp3) is 0.383. The number of halogens is 1. The second-order valence-electron chi connectivity index (χ2n) is 16.9. The number of nitrogens with zero attached hydrogens (tertiary/aromatic N) is 3. The Balaban J connectivity index is 0.000000156. The number of hydrogen-bond acceptors (Lipinski definition) is 12. The van der Waals surface area contributed by atoms with Gasteiger partial charge in [0, 0.05) is 84.3 Å². The van der Waals surface area contributed by atoms with Crippen molar-refractivity contribution >= 4 is 44.7 Å². The van der Waals surface area contributed by atoms with Gasteiger partial charge in [0.2, 0.25) is 0 Å². The number of aryl methyl sites for hydroxylation is 1. The van der Waals surface area contributed by atoms with Gasteiger partial charge in [-0.25, -0.2) is 4.79 Å². The molecule has 0 amide bonds. The fourth-order valence-electron chi connectivity index (χ4n) is 9.90. The van der Waals surface area contributed by atoms with Gasteiger partial charge in [0.25, 0.3) is 0 Å². The number of methoxy groups -OCH3 is 3. The molecule has 1 saturated heterocycles. The Hall–Kier alpha value is -5.57. The van der Waals surface area contributed by atoms with Crippen LogP contribution in [0.3, 0.4) is 0 Å². The van der Waals surface area contributed by atoms with E-state index in [-0.39, 0.29) is 41.6 Å². The van der Waals surface area contributed by atoms with Crippen molar-refractivity contribution in [1.29, 1.82) is 0 Å². The number of carbonyl (C=O) groups is 2. The lowest BCUT2D eigenvalue weighted by Gasteiger charge is -2.53. The number of phenolic OH excluding ortho intramolecular Hbond substituents is 1. The summed E-state index contributed by atoms with van der Waals surface area (Å²) in [5, 5.41) is 12.0. The van der Waals surface area contributed by atoms with Crippen molar-refractivity contribution in [2.24, 2.45) is 13.0 Å². The van der Waals surface area contributed by atoms with Gasteiger partial charge in [0.1, 0.15) is 52.5 Å². The maximum Gasteiger partial charge on any atom is 0.339 e. The fourth-order valence-corrected chi connectivity index (χ4v) is 10.3. The van der Waals surface area contributed by atoms with E-state index in [2.05, 4.69) is 68.9 Å². The van der Waals surface area contributed by atoms with Crippen LogP contribution in [0, 0.1) is 5.92 Å². The Morgan fingerprint density at radius 2 is 1.84 bits per heavy atom. The third kappa shape index (κ3) is 6.88. The van der Waals surface area contributed by atoms with E-state index in [0.29, 0.717) is 52.0 Å². The lowest BCUT2D eigenvalue weighted by molar-refractivity contribution is -0.131. The molecule has 1 N–H and O–H groups in total. The Bertz CT molecular complexity index is 2620. The second-order valence-corrected chi connectivity index (χ2v) is 17.8. The van der Waals surface area contributed by atoms with Crippen molar-refractivity contribution in [2.45, 2.75) is 56.0 Å². The molecule has 5 aliphatic rings. The Labute approximate surface area is 362 Å². The van der Waals surface area contributed by atoms with E-state index in [9.17, 15) is 14.7 Å². The maximum atomic E-state index is 13.6. The number of ether oxygens (including phenoxy) is 7. The summed E-state index contributed by atoms with van der Waals surface area (Å²) in [5.41, 5.74) is 4.83. The van der Waals surface area contributed by atoms with Crippen molar-refractivity contribution in [3.8, 4) is 34.5 Å². The van der Waals surface area contributed by atoms with Crippen LogP contribution in [-0.2, 0) is 28.5 Å². The molecule has 3 aromatic carbocycles. The summed E-state index contributed by atoms with van der Waals surface area (Å²) in [6.07, 6.45) is 10.4. The van der Waals surface area contributed by atoms with Gasteiger partial charge in [0.15, 0.2) is 17.3 Å². The first-order valence-corrected chi connectivity index (χ1v) is 21.0. The number of ketones is 1. The Morgan fingerprint density at radius 1 is 1.05 bits per heavy atom. The van der Waals surface area contributed by atoms with E-state index in [4.69, 9.17) is 33.2 Å². The topological polar surface area (TPSA) is 140 Å². The Morgan fingerprint density at radius 3 is 2.59 bits per heavy atom. The molecule has 5 aromatic rings.